The van der Waals surface area contributed by atoms with Gasteiger partial charge in [0.15, 0.2) is 0 Å². The summed E-state index contributed by atoms with van der Waals surface area (Å²) in [6.45, 7) is 10.2. The number of carboxylic acid groups (broad SMARTS) is 5. The highest BCUT2D eigenvalue weighted by Crippen LogP contribution is 2.13. The Morgan fingerprint density at radius 1 is 0.608 bits per heavy atom. The van der Waals surface area contributed by atoms with E-state index >= 15 is 0 Å². The molecule has 4 rings (SSSR count). The van der Waals surface area contributed by atoms with E-state index in [4.69, 9.17) is 35.0 Å². The smallest absolute Gasteiger partial charge is 0.335 e. The van der Waals surface area contributed by atoms with Crippen LogP contribution in [0.25, 0.3) is 0 Å². The molecule has 5 N–H and O–H groups in total. The molecule has 0 saturated heterocycles. The second kappa shape index (κ2) is 25.7. The summed E-state index contributed by atoms with van der Waals surface area (Å²) in [5.41, 5.74) is 3.29. The standard InChI is InChI=1S/C10H12O3.C9H10O3.C9H10O2.C6H5NO2.C4H8O2/c1-2-13-9-5-3-8(4-6-9)7-10(11)12;1-2-12-8-5-3-7(4-6-8)9(10)11;1-7-3-2-4-8(5-7)6-9(10)11;8-6(9)5-1-3-7-4-2-5;1-3(2)4(5)6/h3-6H,2,7H2,1H3,(H,11,12);3-6H,2H2,1H3,(H,10,11);2-5H,6H2,1H3,(H,10,11);1-4H,(H,8,9);3H,1-2H3,(H,5,6). The predicted octanol–water partition coefficient (Wildman–Crippen LogP) is 6.62. The van der Waals surface area contributed by atoms with E-state index in [1.807, 2.05) is 45.0 Å². The average Bonchev–Trinajstić information content (AvgIpc) is 3.07. The number of rotatable bonds is 11. The van der Waals surface area contributed by atoms with Crippen LogP contribution in [0.3, 0.4) is 0 Å². The lowest BCUT2D eigenvalue weighted by molar-refractivity contribution is -0.140. The molecule has 0 amide bonds. The Kier molecular flexibility index (Phi) is 22.6. The summed E-state index contributed by atoms with van der Waals surface area (Å²) in [4.78, 5) is 54.6. The molecule has 0 aliphatic carbocycles. The Morgan fingerprint density at radius 2 is 1.02 bits per heavy atom. The number of carbonyl (C=O) groups is 5. The summed E-state index contributed by atoms with van der Waals surface area (Å²) in [6, 6.07) is 23.8. The van der Waals surface area contributed by atoms with Crippen LogP contribution in [0, 0.1) is 12.8 Å². The lowest BCUT2D eigenvalue weighted by atomic mass is 10.1. The van der Waals surface area contributed by atoms with E-state index in [1.54, 1.807) is 50.2 Å². The zero-order valence-electron chi connectivity index (χ0n) is 29.2. The molecule has 274 valence electrons. The van der Waals surface area contributed by atoms with Gasteiger partial charge in [0, 0.05) is 12.4 Å². The fourth-order valence-electron chi connectivity index (χ4n) is 3.40. The maximum atomic E-state index is 10.4. The van der Waals surface area contributed by atoms with Crippen LogP contribution < -0.4 is 9.47 Å². The van der Waals surface area contributed by atoms with Gasteiger partial charge in [-0.25, -0.2) is 9.59 Å². The van der Waals surface area contributed by atoms with Crippen molar-refractivity contribution in [2.75, 3.05) is 13.2 Å². The largest absolute Gasteiger partial charge is 0.494 e. The van der Waals surface area contributed by atoms with Crippen LogP contribution in [0.15, 0.2) is 97.3 Å². The first kappa shape index (κ1) is 44.8. The fourth-order valence-corrected chi connectivity index (χ4v) is 3.40. The minimum absolute atomic E-state index is 0.0619. The molecule has 3 aromatic carbocycles. The van der Waals surface area contributed by atoms with Gasteiger partial charge in [-0.1, -0.05) is 55.8 Å². The molecule has 1 heterocycles. The highest BCUT2D eigenvalue weighted by Gasteiger charge is 2.02. The van der Waals surface area contributed by atoms with Gasteiger partial charge in [-0.15, -0.1) is 0 Å². The lowest BCUT2D eigenvalue weighted by Crippen LogP contribution is -2.03. The number of aryl methyl sites for hydroxylation is 1. The highest BCUT2D eigenvalue weighted by atomic mass is 16.5. The van der Waals surface area contributed by atoms with Gasteiger partial charge in [0.2, 0.25) is 0 Å². The number of aromatic nitrogens is 1. The summed E-state index contributed by atoms with van der Waals surface area (Å²) < 4.78 is 10.4. The zero-order chi connectivity index (χ0) is 38.8. The Morgan fingerprint density at radius 3 is 1.37 bits per heavy atom. The second-order valence-electron chi connectivity index (χ2n) is 10.5. The van der Waals surface area contributed by atoms with Crippen molar-refractivity contribution in [2.24, 2.45) is 5.92 Å². The molecule has 0 unspecified atom stereocenters. The SMILES string of the molecule is CC(C)C(=O)O.CCOc1ccc(C(=O)O)cc1.CCOc1ccc(CC(=O)O)cc1.Cc1cccc(CC(=O)O)c1.O=C(O)c1ccncc1. The van der Waals surface area contributed by atoms with Crippen LogP contribution in [0.1, 0.15) is 65.1 Å². The number of aromatic carboxylic acids is 2. The molecule has 1 aromatic heterocycles. The van der Waals surface area contributed by atoms with Gasteiger partial charge in [0.05, 0.1) is 43.1 Å². The maximum Gasteiger partial charge on any atom is 0.335 e. The van der Waals surface area contributed by atoms with E-state index in [2.05, 4.69) is 4.98 Å². The molecule has 0 bridgehead atoms. The van der Waals surface area contributed by atoms with E-state index in [0.717, 1.165) is 22.4 Å². The molecule has 0 aliphatic heterocycles. The number of carboxylic acids is 5. The van der Waals surface area contributed by atoms with Crippen LogP contribution in [-0.2, 0) is 27.2 Å². The van der Waals surface area contributed by atoms with Gasteiger partial charge in [-0.05, 0) is 80.4 Å². The Hall–Kier alpha value is -6.24. The van der Waals surface area contributed by atoms with Crippen molar-refractivity contribution in [2.45, 2.75) is 47.5 Å². The van der Waals surface area contributed by atoms with Crippen molar-refractivity contribution in [3.63, 3.8) is 0 Å². The van der Waals surface area contributed by atoms with Gasteiger partial charge in [-0.3, -0.25) is 19.4 Å². The molecule has 0 radical (unpaired) electrons. The van der Waals surface area contributed by atoms with Crippen molar-refractivity contribution in [3.8, 4) is 11.5 Å². The summed E-state index contributed by atoms with van der Waals surface area (Å²) in [6.07, 6.45) is 3.07. The van der Waals surface area contributed by atoms with Crippen molar-refractivity contribution >= 4 is 29.8 Å². The first-order chi connectivity index (χ1) is 24.1. The fraction of sp³-hybridized carbons (Fsp3) is 0.263. The lowest BCUT2D eigenvalue weighted by Gasteiger charge is -2.02. The number of benzene rings is 3. The van der Waals surface area contributed by atoms with Crippen molar-refractivity contribution < 1.29 is 59.0 Å². The summed E-state index contributed by atoms with van der Waals surface area (Å²) in [5.74, 6) is -2.94. The van der Waals surface area contributed by atoms with Gasteiger partial charge < -0.3 is 35.0 Å². The molecular weight excluding hydrogens is 662 g/mol. The zero-order valence-corrected chi connectivity index (χ0v) is 29.2. The van der Waals surface area contributed by atoms with E-state index in [1.165, 1.54) is 36.7 Å². The molecule has 13 heteroatoms. The first-order valence-corrected chi connectivity index (χ1v) is 15.6. The van der Waals surface area contributed by atoms with Crippen LogP contribution >= 0.6 is 0 Å². The summed E-state index contributed by atoms with van der Waals surface area (Å²) >= 11 is 0. The van der Waals surface area contributed by atoms with E-state index in [0.29, 0.717) is 19.0 Å². The molecule has 13 nitrogen and oxygen atoms in total. The molecule has 0 saturated carbocycles. The average molecular weight is 708 g/mol. The Labute approximate surface area is 296 Å². The molecule has 0 fully saturated rings. The third kappa shape index (κ3) is 22.9. The molecular formula is C38H45NO12. The quantitative estimate of drug-likeness (QED) is 0.111. The molecule has 0 spiro atoms. The minimum Gasteiger partial charge on any atom is -0.494 e. The normalized spacial score (nSPS) is 9.37. The molecule has 0 aliphatic rings. The Balaban J connectivity index is 0.000000625. The monoisotopic (exact) mass is 707 g/mol. The number of hydrogen-bond acceptors (Lipinski definition) is 8. The number of pyridine rings is 1. The van der Waals surface area contributed by atoms with E-state index < -0.39 is 29.8 Å². The van der Waals surface area contributed by atoms with Crippen molar-refractivity contribution in [1.29, 1.82) is 0 Å². The van der Waals surface area contributed by atoms with Crippen molar-refractivity contribution in [3.05, 3.63) is 125 Å². The first-order valence-electron chi connectivity index (χ1n) is 15.6. The summed E-state index contributed by atoms with van der Waals surface area (Å²) in [5, 5.41) is 41.9. The summed E-state index contributed by atoms with van der Waals surface area (Å²) in [7, 11) is 0. The second-order valence-corrected chi connectivity index (χ2v) is 10.5. The number of nitrogens with zero attached hydrogens (tertiary/aromatic N) is 1. The molecule has 51 heavy (non-hydrogen) atoms. The van der Waals surface area contributed by atoms with Crippen molar-refractivity contribution in [1.82, 2.24) is 4.98 Å². The van der Waals surface area contributed by atoms with Crippen LogP contribution in [0.5, 0.6) is 11.5 Å². The topological polar surface area (TPSA) is 218 Å². The minimum atomic E-state index is -0.919. The number of ether oxygens (including phenoxy) is 2. The van der Waals surface area contributed by atoms with Gasteiger partial charge in [0.25, 0.3) is 0 Å². The third-order valence-corrected chi connectivity index (χ3v) is 5.86. The molecule has 0 atom stereocenters. The van der Waals surface area contributed by atoms with E-state index in [-0.39, 0.29) is 29.9 Å². The maximum absolute atomic E-state index is 10.4. The number of hydrogen-bond donors (Lipinski definition) is 5. The van der Waals surface area contributed by atoms with Crippen LogP contribution in [0.4, 0.5) is 0 Å². The highest BCUT2D eigenvalue weighted by molar-refractivity contribution is 5.87. The van der Waals surface area contributed by atoms with Gasteiger partial charge in [0.1, 0.15) is 11.5 Å². The predicted molar refractivity (Wildman–Crippen MR) is 190 cm³/mol. The third-order valence-electron chi connectivity index (χ3n) is 5.86. The molecule has 4 aromatic rings. The van der Waals surface area contributed by atoms with E-state index in [9.17, 15) is 24.0 Å². The van der Waals surface area contributed by atoms with Crippen LogP contribution in [0.2, 0.25) is 0 Å². The Bertz CT molecular complexity index is 1620. The van der Waals surface area contributed by atoms with Crippen LogP contribution in [-0.4, -0.2) is 73.6 Å². The number of aliphatic carboxylic acids is 3. The van der Waals surface area contributed by atoms with Gasteiger partial charge >= 0.3 is 29.8 Å². The van der Waals surface area contributed by atoms with Gasteiger partial charge in [-0.2, -0.15) is 0 Å².